The van der Waals surface area contributed by atoms with Crippen LogP contribution in [0.4, 0.5) is 5.69 Å². The molecule has 0 bridgehead atoms. The standard InChI is InChI=1S/C17H19ClN2/c1-11-6-7-19-10-15(11)20-16-14-8-13(18)5-4-12(14)9-17(16,2)3/h4-8,10,16,20H,9H2,1-3H3. The third-order valence-electron chi connectivity index (χ3n) is 4.19. The fraction of sp³-hybridized carbons (Fsp3) is 0.353. The third-order valence-corrected chi connectivity index (χ3v) is 4.42. The fourth-order valence-electron chi connectivity index (χ4n) is 3.05. The largest absolute Gasteiger partial charge is 0.376 e. The molecule has 1 atom stereocenters. The SMILES string of the molecule is Cc1ccncc1NC1c2cc(Cl)ccc2CC1(C)C. The lowest BCUT2D eigenvalue weighted by molar-refractivity contribution is 0.337. The van der Waals surface area contributed by atoms with Crippen LogP contribution in [0.15, 0.2) is 36.7 Å². The second kappa shape index (κ2) is 4.78. The van der Waals surface area contributed by atoms with E-state index >= 15 is 0 Å². The smallest absolute Gasteiger partial charge is 0.0571 e. The van der Waals surface area contributed by atoms with Crippen LogP contribution in [0.2, 0.25) is 5.02 Å². The Morgan fingerprint density at radius 2 is 2.10 bits per heavy atom. The molecule has 3 rings (SSSR count). The van der Waals surface area contributed by atoms with Crippen LogP contribution in [-0.2, 0) is 6.42 Å². The van der Waals surface area contributed by atoms with E-state index in [-0.39, 0.29) is 11.5 Å². The number of hydrogen-bond acceptors (Lipinski definition) is 2. The minimum atomic E-state index is 0.162. The van der Waals surface area contributed by atoms with Crippen molar-refractivity contribution < 1.29 is 0 Å². The van der Waals surface area contributed by atoms with E-state index in [1.807, 2.05) is 24.5 Å². The quantitative estimate of drug-likeness (QED) is 0.859. The van der Waals surface area contributed by atoms with Gasteiger partial charge in [-0.25, -0.2) is 0 Å². The van der Waals surface area contributed by atoms with E-state index in [0.717, 1.165) is 17.1 Å². The zero-order valence-corrected chi connectivity index (χ0v) is 12.8. The number of fused-ring (bicyclic) bond motifs is 1. The van der Waals surface area contributed by atoms with Gasteiger partial charge in [0.2, 0.25) is 0 Å². The van der Waals surface area contributed by atoms with Crippen molar-refractivity contribution in [2.75, 3.05) is 5.32 Å². The van der Waals surface area contributed by atoms with Gasteiger partial charge in [-0.05, 0) is 53.6 Å². The predicted molar refractivity (Wildman–Crippen MR) is 84.3 cm³/mol. The van der Waals surface area contributed by atoms with Gasteiger partial charge in [0.1, 0.15) is 0 Å². The summed E-state index contributed by atoms with van der Waals surface area (Å²) in [6.45, 7) is 6.69. The van der Waals surface area contributed by atoms with E-state index in [0.29, 0.717) is 0 Å². The topological polar surface area (TPSA) is 24.9 Å². The van der Waals surface area contributed by atoms with Gasteiger partial charge >= 0.3 is 0 Å². The molecular weight excluding hydrogens is 268 g/mol. The zero-order chi connectivity index (χ0) is 14.3. The Labute approximate surface area is 125 Å². The summed E-state index contributed by atoms with van der Waals surface area (Å²) in [6.07, 6.45) is 4.79. The van der Waals surface area contributed by atoms with Crippen LogP contribution < -0.4 is 5.32 Å². The number of nitrogens with one attached hydrogen (secondary N) is 1. The summed E-state index contributed by atoms with van der Waals surface area (Å²) in [5.41, 5.74) is 5.17. The lowest BCUT2D eigenvalue weighted by Crippen LogP contribution is -2.24. The van der Waals surface area contributed by atoms with Crippen LogP contribution in [0, 0.1) is 12.3 Å². The average molecular weight is 287 g/mol. The first-order valence-electron chi connectivity index (χ1n) is 6.93. The summed E-state index contributed by atoms with van der Waals surface area (Å²) in [5, 5.41) is 4.46. The van der Waals surface area contributed by atoms with Crippen LogP contribution in [0.3, 0.4) is 0 Å². The molecule has 0 saturated carbocycles. The first-order chi connectivity index (χ1) is 9.47. The molecule has 2 nitrogen and oxygen atoms in total. The second-order valence-corrected chi connectivity index (χ2v) is 6.71. The Balaban J connectivity index is 2.00. The summed E-state index contributed by atoms with van der Waals surface area (Å²) in [7, 11) is 0. The van der Waals surface area contributed by atoms with E-state index in [2.05, 4.69) is 43.2 Å². The van der Waals surface area contributed by atoms with Crippen LogP contribution in [0.5, 0.6) is 0 Å². The molecule has 20 heavy (non-hydrogen) atoms. The summed E-state index contributed by atoms with van der Waals surface area (Å²) >= 11 is 6.18. The molecule has 1 heterocycles. The van der Waals surface area contributed by atoms with Crippen molar-refractivity contribution in [3.8, 4) is 0 Å². The van der Waals surface area contributed by atoms with Gasteiger partial charge in [0.05, 0.1) is 17.9 Å². The van der Waals surface area contributed by atoms with Crippen molar-refractivity contribution in [2.24, 2.45) is 5.41 Å². The molecule has 1 aliphatic carbocycles. The maximum atomic E-state index is 6.18. The Morgan fingerprint density at radius 1 is 1.30 bits per heavy atom. The van der Waals surface area contributed by atoms with E-state index < -0.39 is 0 Å². The lowest BCUT2D eigenvalue weighted by Gasteiger charge is -2.30. The van der Waals surface area contributed by atoms with Crippen molar-refractivity contribution in [3.05, 3.63) is 58.4 Å². The molecule has 3 heteroatoms. The van der Waals surface area contributed by atoms with Crippen molar-refractivity contribution >= 4 is 17.3 Å². The number of halogens is 1. The number of benzene rings is 1. The first-order valence-corrected chi connectivity index (χ1v) is 7.31. The minimum Gasteiger partial charge on any atom is -0.376 e. The molecule has 0 aliphatic heterocycles. The second-order valence-electron chi connectivity index (χ2n) is 6.28. The number of anilines is 1. The lowest BCUT2D eigenvalue weighted by atomic mass is 9.85. The van der Waals surface area contributed by atoms with Gasteiger partial charge in [-0.3, -0.25) is 4.98 Å². The number of hydrogen-bond donors (Lipinski definition) is 1. The number of aryl methyl sites for hydroxylation is 1. The number of nitrogens with zero attached hydrogens (tertiary/aromatic N) is 1. The Hall–Kier alpha value is -1.54. The maximum Gasteiger partial charge on any atom is 0.0571 e. The Morgan fingerprint density at radius 3 is 2.85 bits per heavy atom. The van der Waals surface area contributed by atoms with E-state index in [1.54, 1.807) is 0 Å². The van der Waals surface area contributed by atoms with Gasteiger partial charge in [-0.2, -0.15) is 0 Å². The average Bonchev–Trinajstić information content (AvgIpc) is 2.63. The maximum absolute atomic E-state index is 6.18. The van der Waals surface area contributed by atoms with Gasteiger partial charge in [-0.1, -0.05) is 31.5 Å². The summed E-state index contributed by atoms with van der Waals surface area (Å²) in [6, 6.07) is 8.52. The fourth-order valence-corrected chi connectivity index (χ4v) is 3.23. The molecule has 0 fully saturated rings. The van der Waals surface area contributed by atoms with Crippen molar-refractivity contribution in [3.63, 3.8) is 0 Å². The number of aromatic nitrogens is 1. The third kappa shape index (κ3) is 2.29. The van der Waals surface area contributed by atoms with Crippen LogP contribution >= 0.6 is 11.6 Å². The highest BCUT2D eigenvalue weighted by Gasteiger charge is 2.39. The molecule has 1 unspecified atom stereocenters. The van der Waals surface area contributed by atoms with Gasteiger partial charge in [0, 0.05) is 11.2 Å². The zero-order valence-electron chi connectivity index (χ0n) is 12.1. The highest BCUT2D eigenvalue weighted by Crippen LogP contribution is 2.47. The number of rotatable bonds is 2. The van der Waals surface area contributed by atoms with Gasteiger partial charge < -0.3 is 5.32 Å². The van der Waals surface area contributed by atoms with Crippen molar-refractivity contribution in [2.45, 2.75) is 33.2 Å². The highest BCUT2D eigenvalue weighted by atomic mass is 35.5. The molecule has 1 aromatic carbocycles. The van der Waals surface area contributed by atoms with E-state index in [9.17, 15) is 0 Å². The van der Waals surface area contributed by atoms with Gasteiger partial charge in [0.25, 0.3) is 0 Å². The Bertz CT molecular complexity index is 649. The molecule has 1 aliphatic rings. The molecule has 0 radical (unpaired) electrons. The summed E-state index contributed by atoms with van der Waals surface area (Å²) in [4.78, 5) is 4.22. The predicted octanol–water partition coefficient (Wildman–Crippen LogP) is 4.78. The van der Waals surface area contributed by atoms with E-state index in [4.69, 9.17) is 11.6 Å². The van der Waals surface area contributed by atoms with Crippen molar-refractivity contribution in [1.82, 2.24) is 4.98 Å². The molecule has 104 valence electrons. The summed E-state index contributed by atoms with van der Waals surface area (Å²) in [5.74, 6) is 0. The van der Waals surface area contributed by atoms with Crippen LogP contribution in [0.25, 0.3) is 0 Å². The molecule has 0 amide bonds. The van der Waals surface area contributed by atoms with E-state index in [1.165, 1.54) is 16.7 Å². The highest BCUT2D eigenvalue weighted by molar-refractivity contribution is 6.30. The minimum absolute atomic E-state index is 0.162. The molecule has 0 saturated heterocycles. The molecule has 2 aromatic rings. The van der Waals surface area contributed by atoms with Gasteiger partial charge in [-0.15, -0.1) is 0 Å². The monoisotopic (exact) mass is 286 g/mol. The normalized spacial score (nSPS) is 19.7. The van der Waals surface area contributed by atoms with Crippen LogP contribution in [0.1, 0.15) is 36.6 Å². The summed E-state index contributed by atoms with van der Waals surface area (Å²) < 4.78 is 0. The Kier molecular flexibility index (Phi) is 3.21. The molecule has 0 spiro atoms. The molecular formula is C17H19ClN2. The number of pyridine rings is 1. The van der Waals surface area contributed by atoms with Crippen LogP contribution in [-0.4, -0.2) is 4.98 Å². The van der Waals surface area contributed by atoms with Gasteiger partial charge in [0.15, 0.2) is 0 Å². The van der Waals surface area contributed by atoms with Crippen molar-refractivity contribution in [1.29, 1.82) is 0 Å². The first kappa shape index (κ1) is 13.4. The molecule has 1 aromatic heterocycles. The molecule has 1 N–H and O–H groups in total.